The number of nitrogens with one attached hydrogen (secondary N) is 2. The molecule has 3 amide bonds. The maximum atomic E-state index is 12.8. The summed E-state index contributed by atoms with van der Waals surface area (Å²) < 4.78 is 10.5. The highest BCUT2D eigenvalue weighted by Gasteiger charge is 2.34. The van der Waals surface area contributed by atoms with Crippen molar-refractivity contribution in [2.24, 2.45) is 0 Å². The number of benzene rings is 2. The highest BCUT2D eigenvalue weighted by molar-refractivity contribution is 5.99. The van der Waals surface area contributed by atoms with Gasteiger partial charge in [-0.05, 0) is 31.9 Å². The Labute approximate surface area is 164 Å². The largest absolute Gasteiger partial charge is 0.497 e. The molecule has 1 atom stereocenters. The molecule has 2 N–H and O–H groups in total. The van der Waals surface area contributed by atoms with Gasteiger partial charge in [-0.25, -0.2) is 4.79 Å². The van der Waals surface area contributed by atoms with Crippen molar-refractivity contribution >= 4 is 23.3 Å². The Morgan fingerprint density at radius 1 is 0.964 bits per heavy atom. The van der Waals surface area contributed by atoms with Gasteiger partial charge in [0, 0.05) is 36.1 Å². The van der Waals surface area contributed by atoms with E-state index in [2.05, 4.69) is 10.6 Å². The van der Waals surface area contributed by atoms with Crippen molar-refractivity contribution in [1.29, 1.82) is 0 Å². The van der Waals surface area contributed by atoms with Gasteiger partial charge in [0.1, 0.15) is 17.5 Å². The lowest BCUT2D eigenvalue weighted by molar-refractivity contribution is -0.119. The van der Waals surface area contributed by atoms with E-state index in [0.29, 0.717) is 35.8 Å². The lowest BCUT2D eigenvalue weighted by Gasteiger charge is -2.24. The molecule has 3 rings (SSSR count). The number of urea groups is 1. The standard InChI is InChI=1S/C21H25N3O4/c1-14-6-8-15(9-7-14)23-21(26)24-10-4-5-19(24)20(25)22-16-11-17(27-2)13-18(12-16)28-3/h6-9,11-13,19H,4-5,10H2,1-3H3,(H,22,25)(H,23,26)/t19-/m0/s1. The minimum atomic E-state index is -0.525. The molecule has 0 spiro atoms. The minimum Gasteiger partial charge on any atom is -0.497 e. The van der Waals surface area contributed by atoms with Gasteiger partial charge in [-0.15, -0.1) is 0 Å². The highest BCUT2D eigenvalue weighted by atomic mass is 16.5. The Kier molecular flexibility index (Phi) is 6.03. The van der Waals surface area contributed by atoms with Gasteiger partial charge in [-0.2, -0.15) is 0 Å². The molecule has 2 aromatic rings. The van der Waals surface area contributed by atoms with Gasteiger partial charge in [0.05, 0.1) is 14.2 Å². The molecule has 0 radical (unpaired) electrons. The first-order valence-corrected chi connectivity index (χ1v) is 9.18. The smallest absolute Gasteiger partial charge is 0.322 e. The molecular formula is C21H25N3O4. The van der Waals surface area contributed by atoms with Crippen LogP contribution in [0.25, 0.3) is 0 Å². The number of aryl methyl sites for hydroxylation is 1. The third-order valence-corrected chi connectivity index (χ3v) is 4.74. The molecule has 0 aromatic heterocycles. The molecule has 0 aliphatic carbocycles. The number of ether oxygens (including phenoxy) is 2. The zero-order chi connectivity index (χ0) is 20.1. The topological polar surface area (TPSA) is 79.9 Å². The lowest BCUT2D eigenvalue weighted by atomic mass is 10.2. The van der Waals surface area contributed by atoms with Crippen LogP contribution in [0.15, 0.2) is 42.5 Å². The summed E-state index contributed by atoms with van der Waals surface area (Å²) >= 11 is 0. The van der Waals surface area contributed by atoms with Crippen LogP contribution in [0, 0.1) is 6.92 Å². The number of anilines is 2. The maximum Gasteiger partial charge on any atom is 0.322 e. The summed E-state index contributed by atoms with van der Waals surface area (Å²) in [6, 6.07) is 11.9. The van der Waals surface area contributed by atoms with Gasteiger partial charge in [-0.1, -0.05) is 17.7 Å². The van der Waals surface area contributed by atoms with Crippen LogP contribution in [0.5, 0.6) is 11.5 Å². The predicted octanol–water partition coefficient (Wildman–Crippen LogP) is 3.65. The van der Waals surface area contributed by atoms with E-state index < -0.39 is 6.04 Å². The van der Waals surface area contributed by atoms with Crippen LogP contribution in [0.2, 0.25) is 0 Å². The first kappa shape index (κ1) is 19.5. The van der Waals surface area contributed by atoms with E-state index >= 15 is 0 Å². The number of carbonyl (C=O) groups excluding carboxylic acids is 2. The maximum absolute atomic E-state index is 12.8. The summed E-state index contributed by atoms with van der Waals surface area (Å²) in [5.74, 6) is 0.928. The molecule has 0 unspecified atom stereocenters. The van der Waals surface area contributed by atoms with E-state index in [1.54, 1.807) is 37.3 Å². The van der Waals surface area contributed by atoms with E-state index in [-0.39, 0.29) is 11.9 Å². The number of amides is 3. The Morgan fingerprint density at radius 3 is 2.21 bits per heavy atom. The first-order chi connectivity index (χ1) is 13.5. The molecule has 1 aliphatic rings. The molecule has 28 heavy (non-hydrogen) atoms. The van der Waals surface area contributed by atoms with Crippen molar-refractivity contribution in [1.82, 2.24) is 4.90 Å². The van der Waals surface area contributed by atoms with Crippen LogP contribution in [-0.4, -0.2) is 43.6 Å². The van der Waals surface area contributed by atoms with Crippen LogP contribution < -0.4 is 20.1 Å². The molecule has 2 aromatic carbocycles. The van der Waals surface area contributed by atoms with Gasteiger partial charge in [0.15, 0.2) is 0 Å². The minimum absolute atomic E-state index is 0.230. The van der Waals surface area contributed by atoms with Crippen molar-refractivity contribution < 1.29 is 19.1 Å². The van der Waals surface area contributed by atoms with E-state index in [4.69, 9.17) is 9.47 Å². The second-order valence-corrected chi connectivity index (χ2v) is 6.74. The van der Waals surface area contributed by atoms with Crippen LogP contribution in [0.4, 0.5) is 16.2 Å². The molecule has 1 fully saturated rings. The number of hydrogen-bond donors (Lipinski definition) is 2. The van der Waals surface area contributed by atoms with Gasteiger partial charge in [0.25, 0.3) is 0 Å². The third-order valence-electron chi connectivity index (χ3n) is 4.74. The third kappa shape index (κ3) is 4.54. The van der Waals surface area contributed by atoms with Gasteiger partial charge in [-0.3, -0.25) is 4.79 Å². The van der Waals surface area contributed by atoms with Crippen molar-refractivity contribution in [3.63, 3.8) is 0 Å². The van der Waals surface area contributed by atoms with Crippen molar-refractivity contribution in [2.75, 3.05) is 31.4 Å². The van der Waals surface area contributed by atoms with Gasteiger partial charge >= 0.3 is 6.03 Å². The fourth-order valence-corrected chi connectivity index (χ4v) is 3.22. The van der Waals surface area contributed by atoms with E-state index in [1.165, 1.54) is 0 Å². The summed E-state index contributed by atoms with van der Waals surface area (Å²) in [6.45, 7) is 2.53. The number of nitrogens with zero attached hydrogens (tertiary/aromatic N) is 1. The molecule has 1 aliphatic heterocycles. The molecule has 7 heteroatoms. The summed E-state index contributed by atoms with van der Waals surface area (Å²) in [5, 5.41) is 5.73. The SMILES string of the molecule is COc1cc(NC(=O)[C@@H]2CCCN2C(=O)Nc2ccc(C)cc2)cc(OC)c1. The molecule has 1 saturated heterocycles. The zero-order valence-corrected chi connectivity index (χ0v) is 16.3. The fourth-order valence-electron chi connectivity index (χ4n) is 3.22. The zero-order valence-electron chi connectivity index (χ0n) is 16.3. The summed E-state index contributed by atoms with van der Waals surface area (Å²) in [4.78, 5) is 27.1. The fraction of sp³-hybridized carbons (Fsp3) is 0.333. The Balaban J connectivity index is 1.69. The van der Waals surface area contributed by atoms with Crippen LogP contribution in [0.1, 0.15) is 18.4 Å². The molecule has 0 saturated carbocycles. The van der Waals surface area contributed by atoms with Crippen molar-refractivity contribution in [3.05, 3.63) is 48.0 Å². The Bertz CT molecular complexity index is 829. The highest BCUT2D eigenvalue weighted by Crippen LogP contribution is 2.27. The molecule has 148 valence electrons. The molecule has 0 bridgehead atoms. The number of likely N-dealkylation sites (tertiary alicyclic amines) is 1. The van der Waals surface area contributed by atoms with Gasteiger partial charge < -0.3 is 25.0 Å². The van der Waals surface area contributed by atoms with Gasteiger partial charge in [0.2, 0.25) is 5.91 Å². The Hall–Kier alpha value is -3.22. The Morgan fingerprint density at radius 2 is 1.61 bits per heavy atom. The normalized spacial score (nSPS) is 15.8. The van der Waals surface area contributed by atoms with Crippen LogP contribution >= 0.6 is 0 Å². The summed E-state index contributed by atoms with van der Waals surface area (Å²) in [5.41, 5.74) is 2.39. The van der Waals surface area contributed by atoms with Crippen molar-refractivity contribution in [3.8, 4) is 11.5 Å². The van der Waals surface area contributed by atoms with Crippen LogP contribution in [-0.2, 0) is 4.79 Å². The number of hydrogen-bond acceptors (Lipinski definition) is 4. The molecular weight excluding hydrogens is 358 g/mol. The molecule has 7 nitrogen and oxygen atoms in total. The van der Waals surface area contributed by atoms with E-state index in [1.807, 2.05) is 31.2 Å². The average molecular weight is 383 g/mol. The second-order valence-electron chi connectivity index (χ2n) is 6.74. The van der Waals surface area contributed by atoms with Crippen molar-refractivity contribution in [2.45, 2.75) is 25.8 Å². The van der Waals surface area contributed by atoms with E-state index in [9.17, 15) is 9.59 Å². The van der Waals surface area contributed by atoms with E-state index in [0.717, 1.165) is 12.0 Å². The van der Waals surface area contributed by atoms with Crippen LogP contribution in [0.3, 0.4) is 0 Å². The average Bonchev–Trinajstić information content (AvgIpc) is 3.19. The number of methoxy groups -OCH3 is 2. The first-order valence-electron chi connectivity index (χ1n) is 9.18. The monoisotopic (exact) mass is 383 g/mol. The lowest BCUT2D eigenvalue weighted by Crippen LogP contribution is -2.45. The predicted molar refractivity (Wildman–Crippen MR) is 108 cm³/mol. The number of carbonyl (C=O) groups is 2. The second kappa shape index (κ2) is 8.65. The summed E-state index contributed by atoms with van der Waals surface area (Å²) in [7, 11) is 3.10. The molecule has 1 heterocycles. The number of rotatable bonds is 5. The quantitative estimate of drug-likeness (QED) is 0.826. The summed E-state index contributed by atoms with van der Waals surface area (Å²) in [6.07, 6.45) is 1.40.